The lowest BCUT2D eigenvalue weighted by Crippen LogP contribution is -2.24. The molecule has 1 atom stereocenters. The molecule has 1 aliphatic rings. The second-order valence-electron chi connectivity index (χ2n) is 6.31. The maximum absolute atomic E-state index is 8.52. The van der Waals surface area contributed by atoms with Crippen LogP contribution in [0.4, 0.5) is 0 Å². The van der Waals surface area contributed by atoms with Crippen LogP contribution in [0.2, 0.25) is 0 Å². The zero-order valence-corrected chi connectivity index (χ0v) is 16.7. The van der Waals surface area contributed by atoms with Crippen LogP contribution in [0.15, 0.2) is 0 Å². The Kier molecular flexibility index (Phi) is 15.2. The summed E-state index contributed by atoms with van der Waals surface area (Å²) in [5.74, 6) is -0.506. The fourth-order valence-electron chi connectivity index (χ4n) is 2.22. The van der Waals surface area contributed by atoms with Crippen LogP contribution in [0.3, 0.4) is 0 Å². The minimum absolute atomic E-state index is 0.00618. The Labute approximate surface area is 162 Å². The summed E-state index contributed by atoms with van der Waals surface area (Å²) in [6.07, 6.45) is -0.00618. The molecule has 9 nitrogen and oxygen atoms in total. The maximum Gasteiger partial charge on any atom is 0.163 e. The Bertz CT molecular complexity index is 328. The van der Waals surface area contributed by atoms with Gasteiger partial charge in [0.15, 0.2) is 5.79 Å². The van der Waals surface area contributed by atoms with Crippen molar-refractivity contribution in [2.24, 2.45) is 0 Å². The molecule has 162 valence electrons. The van der Waals surface area contributed by atoms with Crippen LogP contribution in [-0.4, -0.2) is 109 Å². The first-order chi connectivity index (χ1) is 13.1. The molecule has 0 aromatic heterocycles. The van der Waals surface area contributed by atoms with Crippen LogP contribution in [0.25, 0.3) is 0 Å². The Hall–Kier alpha value is -0.360. The van der Waals surface area contributed by atoms with Crippen molar-refractivity contribution in [3.05, 3.63) is 0 Å². The Balaban J connectivity index is 1.68. The highest BCUT2D eigenvalue weighted by Gasteiger charge is 2.32. The first-order valence-electron chi connectivity index (χ1n) is 9.53. The molecule has 1 heterocycles. The van der Waals surface area contributed by atoms with Gasteiger partial charge in [0.1, 0.15) is 6.10 Å². The van der Waals surface area contributed by atoms with E-state index in [1.165, 1.54) is 0 Å². The summed E-state index contributed by atoms with van der Waals surface area (Å²) in [7, 11) is 0. The van der Waals surface area contributed by atoms with Crippen molar-refractivity contribution in [3.63, 3.8) is 0 Å². The number of aliphatic hydroxyl groups excluding tert-OH is 1. The van der Waals surface area contributed by atoms with Gasteiger partial charge in [-0.25, -0.2) is 0 Å². The van der Waals surface area contributed by atoms with Gasteiger partial charge in [0.05, 0.1) is 92.5 Å². The fourth-order valence-corrected chi connectivity index (χ4v) is 2.22. The van der Waals surface area contributed by atoms with E-state index < -0.39 is 5.79 Å². The van der Waals surface area contributed by atoms with Gasteiger partial charge in [-0.2, -0.15) is 0 Å². The van der Waals surface area contributed by atoms with Crippen molar-refractivity contribution >= 4 is 0 Å². The molecule has 0 aliphatic carbocycles. The van der Waals surface area contributed by atoms with E-state index in [2.05, 4.69) is 0 Å². The first kappa shape index (κ1) is 24.7. The monoisotopic (exact) mass is 396 g/mol. The molecular weight excluding hydrogens is 360 g/mol. The van der Waals surface area contributed by atoms with Crippen molar-refractivity contribution in [2.75, 3.05) is 92.5 Å². The van der Waals surface area contributed by atoms with Crippen LogP contribution < -0.4 is 0 Å². The van der Waals surface area contributed by atoms with Gasteiger partial charge in [-0.1, -0.05) is 0 Å². The van der Waals surface area contributed by atoms with E-state index in [4.69, 9.17) is 43.0 Å². The second-order valence-corrected chi connectivity index (χ2v) is 6.31. The van der Waals surface area contributed by atoms with E-state index in [1.807, 2.05) is 13.8 Å². The normalized spacial score (nSPS) is 19.0. The van der Waals surface area contributed by atoms with Gasteiger partial charge < -0.3 is 43.0 Å². The molecule has 1 saturated heterocycles. The standard InChI is InChI=1S/C18H36O9/c1-18(2)26-16-17(27-18)15-25-14-13-24-12-11-23-10-9-22-8-7-21-6-5-20-4-3-19/h17,19H,3-16H2,1-2H3. The average Bonchev–Trinajstić information content (AvgIpc) is 2.99. The van der Waals surface area contributed by atoms with E-state index in [0.29, 0.717) is 85.9 Å². The van der Waals surface area contributed by atoms with Gasteiger partial charge in [0.25, 0.3) is 0 Å². The number of ether oxygens (including phenoxy) is 8. The highest BCUT2D eigenvalue weighted by atomic mass is 16.7. The summed E-state index contributed by atoms with van der Waals surface area (Å²) in [4.78, 5) is 0. The van der Waals surface area contributed by atoms with Crippen LogP contribution >= 0.6 is 0 Å². The average molecular weight is 396 g/mol. The number of hydrogen-bond donors (Lipinski definition) is 1. The lowest BCUT2D eigenvalue weighted by atomic mass is 10.4. The molecular formula is C18H36O9. The van der Waals surface area contributed by atoms with Crippen LogP contribution in [0, 0.1) is 0 Å². The number of hydrogen-bond acceptors (Lipinski definition) is 9. The molecule has 0 bridgehead atoms. The fraction of sp³-hybridized carbons (Fsp3) is 1.00. The molecule has 1 N–H and O–H groups in total. The predicted molar refractivity (Wildman–Crippen MR) is 96.9 cm³/mol. The van der Waals surface area contributed by atoms with Gasteiger partial charge in [0.2, 0.25) is 0 Å². The maximum atomic E-state index is 8.52. The highest BCUT2D eigenvalue weighted by molar-refractivity contribution is 4.70. The van der Waals surface area contributed by atoms with E-state index in [1.54, 1.807) is 0 Å². The minimum Gasteiger partial charge on any atom is -0.394 e. The summed E-state index contributed by atoms with van der Waals surface area (Å²) in [5.41, 5.74) is 0. The number of aliphatic hydroxyl groups is 1. The molecule has 1 fully saturated rings. The van der Waals surface area contributed by atoms with Crippen molar-refractivity contribution < 1.29 is 43.0 Å². The molecule has 9 heteroatoms. The molecule has 0 aromatic rings. The lowest BCUT2D eigenvalue weighted by molar-refractivity contribution is -0.145. The smallest absolute Gasteiger partial charge is 0.163 e. The molecule has 0 aromatic carbocycles. The van der Waals surface area contributed by atoms with Gasteiger partial charge in [-0.3, -0.25) is 0 Å². The summed E-state index contributed by atoms with van der Waals surface area (Å²) < 4.78 is 43.2. The second kappa shape index (κ2) is 16.6. The summed E-state index contributed by atoms with van der Waals surface area (Å²) in [6, 6.07) is 0. The minimum atomic E-state index is -0.506. The van der Waals surface area contributed by atoms with Crippen molar-refractivity contribution in [2.45, 2.75) is 25.7 Å². The quantitative estimate of drug-likeness (QED) is 0.308. The SMILES string of the molecule is CC1(C)OCC(COCCOCCOCCOCCOCCOCCO)O1. The Morgan fingerprint density at radius 2 is 1.11 bits per heavy atom. The largest absolute Gasteiger partial charge is 0.394 e. The van der Waals surface area contributed by atoms with Crippen molar-refractivity contribution in [3.8, 4) is 0 Å². The Morgan fingerprint density at radius 1 is 0.704 bits per heavy atom. The lowest BCUT2D eigenvalue weighted by Gasteiger charge is -2.17. The third-order valence-electron chi connectivity index (χ3n) is 3.47. The van der Waals surface area contributed by atoms with Gasteiger partial charge in [-0.15, -0.1) is 0 Å². The van der Waals surface area contributed by atoms with Crippen LogP contribution in [0.5, 0.6) is 0 Å². The van der Waals surface area contributed by atoms with E-state index in [9.17, 15) is 0 Å². The molecule has 0 amide bonds. The molecule has 0 spiro atoms. The topological polar surface area (TPSA) is 94.1 Å². The van der Waals surface area contributed by atoms with Gasteiger partial charge >= 0.3 is 0 Å². The first-order valence-corrected chi connectivity index (χ1v) is 9.53. The Morgan fingerprint density at radius 3 is 1.48 bits per heavy atom. The van der Waals surface area contributed by atoms with E-state index >= 15 is 0 Å². The third kappa shape index (κ3) is 15.3. The molecule has 0 radical (unpaired) electrons. The summed E-state index contributed by atoms with van der Waals surface area (Å²) in [6.45, 7) is 10.4. The van der Waals surface area contributed by atoms with Gasteiger partial charge in [0, 0.05) is 0 Å². The van der Waals surface area contributed by atoms with Crippen LogP contribution in [-0.2, 0) is 37.9 Å². The molecule has 1 rings (SSSR count). The molecule has 1 unspecified atom stereocenters. The zero-order valence-electron chi connectivity index (χ0n) is 16.7. The van der Waals surface area contributed by atoms with E-state index in [-0.39, 0.29) is 12.7 Å². The van der Waals surface area contributed by atoms with Crippen molar-refractivity contribution in [1.29, 1.82) is 0 Å². The van der Waals surface area contributed by atoms with E-state index in [0.717, 1.165) is 0 Å². The summed E-state index contributed by atoms with van der Waals surface area (Å²) >= 11 is 0. The molecule has 27 heavy (non-hydrogen) atoms. The molecule has 0 saturated carbocycles. The number of rotatable bonds is 19. The van der Waals surface area contributed by atoms with Crippen LogP contribution in [0.1, 0.15) is 13.8 Å². The van der Waals surface area contributed by atoms with Crippen molar-refractivity contribution in [1.82, 2.24) is 0 Å². The zero-order chi connectivity index (χ0) is 19.6. The highest BCUT2D eigenvalue weighted by Crippen LogP contribution is 2.22. The van der Waals surface area contributed by atoms with Gasteiger partial charge in [-0.05, 0) is 13.8 Å². The molecule has 1 aliphatic heterocycles. The summed E-state index contributed by atoms with van der Waals surface area (Å²) in [5, 5.41) is 8.52. The third-order valence-corrected chi connectivity index (χ3v) is 3.47. The predicted octanol–water partition coefficient (Wildman–Crippen LogP) is 0.230.